The molecule has 142 valence electrons. The van der Waals surface area contributed by atoms with Gasteiger partial charge in [-0.05, 0) is 26.8 Å². The van der Waals surface area contributed by atoms with Gasteiger partial charge in [-0.1, -0.05) is 11.6 Å². The molecule has 1 aromatic carbocycles. The summed E-state index contributed by atoms with van der Waals surface area (Å²) >= 11 is 6.21. The number of benzene rings is 1. The maximum atomic E-state index is 12.2. The largest absolute Gasteiger partial charge is 0.495 e. The quantitative estimate of drug-likeness (QED) is 0.723. The van der Waals surface area contributed by atoms with E-state index < -0.39 is 11.7 Å². The number of nitrogens with zero attached hydrogens (tertiary/aromatic N) is 3. The number of anilines is 3. The molecule has 0 spiro atoms. The second-order valence-corrected chi connectivity index (χ2v) is 6.87. The number of hydrogen-bond donors (Lipinski definition) is 3. The molecule has 0 aliphatic heterocycles. The highest BCUT2D eigenvalue weighted by Crippen LogP contribution is 2.38. The minimum atomic E-state index is -0.707. The first-order valence-electron chi connectivity index (χ1n) is 7.76. The Morgan fingerprint density at radius 3 is 2.52 bits per heavy atom. The third kappa shape index (κ3) is 4.68. The van der Waals surface area contributed by atoms with Gasteiger partial charge in [-0.25, -0.2) is 9.78 Å². The fourth-order valence-corrected chi connectivity index (χ4v) is 2.46. The van der Waals surface area contributed by atoms with Crippen LogP contribution in [-0.4, -0.2) is 28.8 Å². The number of carbonyl (C=O) groups excluding carboxylic acids is 1. The molecule has 0 aliphatic rings. The van der Waals surface area contributed by atoms with Gasteiger partial charge < -0.3 is 20.9 Å². The summed E-state index contributed by atoms with van der Waals surface area (Å²) in [5.41, 5.74) is 11.4. The van der Waals surface area contributed by atoms with Crippen LogP contribution >= 0.6 is 11.6 Å². The van der Waals surface area contributed by atoms with Crippen molar-refractivity contribution in [3.05, 3.63) is 22.7 Å². The predicted octanol–water partition coefficient (Wildman–Crippen LogP) is 3.19. The molecular formula is C17H19ClN6O3. The Morgan fingerprint density at radius 2 is 1.96 bits per heavy atom. The molecule has 0 radical (unpaired) electrons. The van der Waals surface area contributed by atoms with Crippen LogP contribution in [0, 0.1) is 11.3 Å². The van der Waals surface area contributed by atoms with Gasteiger partial charge in [0.1, 0.15) is 28.8 Å². The lowest BCUT2D eigenvalue weighted by Gasteiger charge is -2.21. The van der Waals surface area contributed by atoms with Crippen molar-refractivity contribution in [2.75, 3.05) is 23.9 Å². The molecule has 0 saturated heterocycles. The van der Waals surface area contributed by atoms with Crippen molar-refractivity contribution in [2.45, 2.75) is 26.4 Å². The summed E-state index contributed by atoms with van der Waals surface area (Å²) in [7, 11) is 1.43. The van der Waals surface area contributed by atoms with E-state index in [1.54, 1.807) is 20.8 Å². The summed E-state index contributed by atoms with van der Waals surface area (Å²) in [5.74, 6) is 0.0896. The molecular weight excluding hydrogens is 372 g/mol. The average molecular weight is 391 g/mol. The topological polar surface area (TPSA) is 149 Å². The minimum absolute atomic E-state index is 0.00216. The van der Waals surface area contributed by atoms with Gasteiger partial charge >= 0.3 is 6.09 Å². The van der Waals surface area contributed by atoms with Gasteiger partial charge in [0.15, 0.2) is 0 Å². The number of methoxy groups -OCH3 is 1. The van der Waals surface area contributed by atoms with Gasteiger partial charge in [0.2, 0.25) is 5.95 Å². The minimum Gasteiger partial charge on any atom is -0.495 e. The number of nitrogens with two attached hydrogens (primary N) is 2. The summed E-state index contributed by atoms with van der Waals surface area (Å²) in [4.78, 5) is 20.1. The fraction of sp³-hybridized carbons (Fsp3) is 0.294. The predicted molar refractivity (Wildman–Crippen MR) is 102 cm³/mol. The van der Waals surface area contributed by atoms with Crippen LogP contribution in [0.3, 0.4) is 0 Å². The van der Waals surface area contributed by atoms with E-state index in [2.05, 4.69) is 15.3 Å². The first-order chi connectivity index (χ1) is 12.6. The van der Waals surface area contributed by atoms with Gasteiger partial charge in [0.25, 0.3) is 0 Å². The molecule has 0 atom stereocenters. The van der Waals surface area contributed by atoms with E-state index in [1.165, 1.54) is 19.2 Å². The fourth-order valence-electron chi connectivity index (χ4n) is 2.22. The van der Waals surface area contributed by atoms with Crippen molar-refractivity contribution >= 4 is 35.1 Å². The number of amides is 1. The number of carbonyl (C=O) groups is 1. The Hall–Kier alpha value is -3.25. The van der Waals surface area contributed by atoms with Crippen molar-refractivity contribution in [1.29, 1.82) is 5.26 Å². The smallest absolute Gasteiger partial charge is 0.412 e. The van der Waals surface area contributed by atoms with E-state index in [1.807, 2.05) is 6.07 Å². The van der Waals surface area contributed by atoms with Crippen LogP contribution in [0.25, 0.3) is 11.3 Å². The Kier molecular flexibility index (Phi) is 5.61. The summed E-state index contributed by atoms with van der Waals surface area (Å²) in [6.07, 6.45) is -0.707. The van der Waals surface area contributed by atoms with Gasteiger partial charge in [0, 0.05) is 11.6 Å². The van der Waals surface area contributed by atoms with Crippen molar-refractivity contribution in [3.63, 3.8) is 0 Å². The SMILES string of the molecule is COc1cc(NC(=O)OC(C)(C)C)c(-c2nc(N)nc(N)c2C#N)cc1Cl. The molecule has 1 aromatic heterocycles. The van der Waals surface area contributed by atoms with Crippen LogP contribution < -0.4 is 21.5 Å². The maximum absolute atomic E-state index is 12.2. The lowest BCUT2D eigenvalue weighted by molar-refractivity contribution is 0.0636. The van der Waals surface area contributed by atoms with Crippen molar-refractivity contribution in [2.24, 2.45) is 0 Å². The second-order valence-electron chi connectivity index (χ2n) is 6.46. The first-order valence-corrected chi connectivity index (χ1v) is 8.14. The number of nitriles is 1. The van der Waals surface area contributed by atoms with Gasteiger partial charge in [-0.3, -0.25) is 5.32 Å². The Balaban J connectivity index is 2.65. The molecule has 0 aliphatic carbocycles. The molecule has 1 heterocycles. The van der Waals surface area contributed by atoms with Crippen LogP contribution in [0.15, 0.2) is 12.1 Å². The zero-order valence-corrected chi connectivity index (χ0v) is 16.0. The Bertz CT molecular complexity index is 934. The van der Waals surface area contributed by atoms with Crippen LogP contribution in [0.1, 0.15) is 26.3 Å². The van der Waals surface area contributed by atoms with E-state index in [0.717, 1.165) is 0 Å². The normalized spacial score (nSPS) is 10.8. The zero-order chi connectivity index (χ0) is 20.4. The van der Waals surface area contributed by atoms with Gasteiger partial charge in [-0.2, -0.15) is 10.2 Å². The Morgan fingerprint density at radius 1 is 1.30 bits per heavy atom. The third-order valence-corrected chi connectivity index (χ3v) is 3.54. The third-order valence-electron chi connectivity index (χ3n) is 3.25. The standard InChI is InChI=1S/C17H19ClN6O3/c1-17(2,3)27-16(25)22-11-6-12(26-4)10(18)5-8(11)13-9(7-19)14(20)24-15(21)23-13/h5-6H,1-4H3,(H,22,25)(H4,20,21,23,24). The second kappa shape index (κ2) is 7.55. The molecule has 2 aromatic rings. The summed E-state index contributed by atoms with van der Waals surface area (Å²) in [6.45, 7) is 5.20. The number of aromatic nitrogens is 2. The van der Waals surface area contributed by atoms with Crippen LogP contribution in [0.5, 0.6) is 5.75 Å². The number of nitrogen functional groups attached to an aromatic ring is 2. The molecule has 27 heavy (non-hydrogen) atoms. The molecule has 5 N–H and O–H groups in total. The first kappa shape index (κ1) is 20.1. The molecule has 0 fully saturated rings. The van der Waals surface area contributed by atoms with E-state index in [9.17, 15) is 10.1 Å². The number of ether oxygens (including phenoxy) is 2. The number of nitrogens with one attached hydrogen (secondary N) is 1. The van der Waals surface area contributed by atoms with E-state index in [0.29, 0.717) is 11.3 Å². The molecule has 0 saturated carbocycles. The lowest BCUT2D eigenvalue weighted by atomic mass is 10.0. The summed E-state index contributed by atoms with van der Waals surface area (Å²) < 4.78 is 10.5. The summed E-state index contributed by atoms with van der Waals surface area (Å²) in [5, 5.41) is 12.3. The average Bonchev–Trinajstić information content (AvgIpc) is 2.53. The van der Waals surface area contributed by atoms with E-state index in [4.69, 9.17) is 32.5 Å². The van der Waals surface area contributed by atoms with Crippen LogP contribution in [0.4, 0.5) is 22.2 Å². The maximum Gasteiger partial charge on any atom is 0.412 e. The molecule has 10 heteroatoms. The van der Waals surface area contributed by atoms with Crippen molar-refractivity contribution in [1.82, 2.24) is 9.97 Å². The Labute approximate surface area is 161 Å². The molecule has 0 bridgehead atoms. The number of hydrogen-bond acceptors (Lipinski definition) is 8. The summed E-state index contributed by atoms with van der Waals surface area (Å²) in [6, 6.07) is 4.90. The van der Waals surface area contributed by atoms with Crippen molar-refractivity contribution in [3.8, 4) is 23.1 Å². The number of halogens is 1. The zero-order valence-electron chi connectivity index (χ0n) is 15.3. The molecule has 2 rings (SSSR count). The highest BCUT2D eigenvalue weighted by molar-refractivity contribution is 6.32. The van der Waals surface area contributed by atoms with Crippen molar-refractivity contribution < 1.29 is 14.3 Å². The van der Waals surface area contributed by atoms with Crippen LogP contribution in [0.2, 0.25) is 5.02 Å². The molecule has 9 nitrogen and oxygen atoms in total. The highest BCUT2D eigenvalue weighted by atomic mass is 35.5. The molecule has 0 unspecified atom stereocenters. The highest BCUT2D eigenvalue weighted by Gasteiger charge is 2.22. The van der Waals surface area contributed by atoms with E-state index >= 15 is 0 Å². The molecule has 1 amide bonds. The van der Waals surface area contributed by atoms with Crippen LogP contribution in [-0.2, 0) is 4.74 Å². The monoisotopic (exact) mass is 390 g/mol. The van der Waals surface area contributed by atoms with E-state index in [-0.39, 0.29) is 33.7 Å². The lowest BCUT2D eigenvalue weighted by Crippen LogP contribution is -2.27. The number of rotatable bonds is 3. The van der Waals surface area contributed by atoms with Gasteiger partial charge in [0.05, 0.1) is 23.5 Å². The van der Waals surface area contributed by atoms with Gasteiger partial charge in [-0.15, -0.1) is 0 Å².